The average molecular weight is 597 g/mol. The number of nitrogens with zero attached hydrogens (tertiary/aromatic N) is 2. The molecule has 3 aliphatic rings. The van der Waals surface area contributed by atoms with Crippen molar-refractivity contribution in [3.8, 4) is 5.75 Å². The van der Waals surface area contributed by atoms with Crippen molar-refractivity contribution in [2.24, 2.45) is 0 Å². The molecule has 0 aliphatic carbocycles. The summed E-state index contributed by atoms with van der Waals surface area (Å²) in [4.78, 5) is 4.65. The average Bonchev–Trinajstić information content (AvgIpc) is 3.37. The summed E-state index contributed by atoms with van der Waals surface area (Å²) in [5.74, 6) is 0.347. The molecule has 220 valence electrons. The molecule has 0 bridgehead atoms. The van der Waals surface area contributed by atoms with E-state index in [2.05, 4.69) is 15.0 Å². The highest BCUT2D eigenvalue weighted by molar-refractivity contribution is 7.89. The summed E-state index contributed by atoms with van der Waals surface area (Å²) in [6.07, 6.45) is 3.22. The van der Waals surface area contributed by atoms with Gasteiger partial charge in [-0.25, -0.2) is 21.6 Å². The lowest BCUT2D eigenvalue weighted by molar-refractivity contribution is -0.0312. The molecule has 1 aromatic carbocycles. The zero-order valence-electron chi connectivity index (χ0n) is 22.4. The summed E-state index contributed by atoms with van der Waals surface area (Å²) in [5.41, 5.74) is 1.33. The van der Waals surface area contributed by atoms with Crippen LogP contribution in [0.25, 0.3) is 0 Å². The third kappa shape index (κ3) is 6.49. The highest BCUT2D eigenvalue weighted by atomic mass is 32.2. The number of ether oxygens (including phenoxy) is 3. The minimum atomic E-state index is -3.66. The van der Waals surface area contributed by atoms with Gasteiger partial charge in [0.25, 0.3) is 0 Å². The molecule has 3 N–H and O–H groups in total. The number of sulfonamides is 2. The molecule has 0 saturated carbocycles. The van der Waals surface area contributed by atoms with Crippen molar-refractivity contribution in [2.45, 2.75) is 59.8 Å². The van der Waals surface area contributed by atoms with E-state index in [0.29, 0.717) is 57.9 Å². The highest BCUT2D eigenvalue weighted by Crippen LogP contribution is 2.37. The van der Waals surface area contributed by atoms with Crippen molar-refractivity contribution in [1.82, 2.24) is 19.3 Å². The molecule has 2 saturated heterocycles. The summed E-state index contributed by atoms with van der Waals surface area (Å²) >= 11 is 0. The van der Waals surface area contributed by atoms with Gasteiger partial charge in [0.05, 0.1) is 30.3 Å². The Kier molecular flexibility index (Phi) is 8.78. The monoisotopic (exact) mass is 596 g/mol. The van der Waals surface area contributed by atoms with Gasteiger partial charge >= 0.3 is 0 Å². The number of aliphatic hydroxyl groups is 1. The van der Waals surface area contributed by atoms with Crippen LogP contribution in [0, 0.1) is 0 Å². The maximum absolute atomic E-state index is 13.3. The smallest absolute Gasteiger partial charge is 0.244 e. The number of benzene rings is 1. The molecule has 1 spiro atoms. The second kappa shape index (κ2) is 12.0. The van der Waals surface area contributed by atoms with Crippen LogP contribution in [0.4, 0.5) is 0 Å². The van der Waals surface area contributed by atoms with Crippen molar-refractivity contribution in [1.29, 1.82) is 0 Å². The number of piperidine rings is 1. The Balaban J connectivity index is 1.08. The predicted octanol–water partition coefficient (Wildman–Crippen LogP) is 0.404. The van der Waals surface area contributed by atoms with Crippen LogP contribution in [0.1, 0.15) is 30.5 Å². The molecule has 40 heavy (non-hydrogen) atoms. The SMILES string of the molecule is CNS(=O)(=O)c1cccc(OCC(O)CN[C@H]2COC3(CCN(S(=O)(=O)c4cnc5c(c4)COCC5)CC3)C2)c1. The van der Waals surface area contributed by atoms with Crippen LogP contribution < -0.4 is 14.8 Å². The van der Waals surface area contributed by atoms with Gasteiger partial charge in [0.2, 0.25) is 20.0 Å². The fourth-order valence-electron chi connectivity index (χ4n) is 5.37. The van der Waals surface area contributed by atoms with Crippen LogP contribution in [-0.2, 0) is 42.5 Å². The molecule has 3 aliphatic heterocycles. The fraction of sp³-hybridized carbons (Fsp3) is 0.577. The van der Waals surface area contributed by atoms with Gasteiger partial charge in [-0.05, 0) is 44.5 Å². The van der Waals surface area contributed by atoms with E-state index in [1.165, 1.54) is 29.7 Å². The lowest BCUT2D eigenvalue weighted by atomic mass is 9.88. The zero-order valence-corrected chi connectivity index (χ0v) is 24.0. The second-order valence-corrected chi connectivity index (χ2v) is 14.3. The lowest BCUT2D eigenvalue weighted by Gasteiger charge is -2.38. The number of aliphatic hydroxyl groups excluding tert-OH is 1. The van der Waals surface area contributed by atoms with E-state index in [4.69, 9.17) is 14.2 Å². The van der Waals surface area contributed by atoms with Crippen LogP contribution >= 0.6 is 0 Å². The maximum atomic E-state index is 13.3. The van der Waals surface area contributed by atoms with Crippen molar-refractivity contribution < 1.29 is 36.2 Å². The molecule has 14 heteroatoms. The summed E-state index contributed by atoms with van der Waals surface area (Å²) in [7, 11) is -5.91. The molecule has 2 atom stereocenters. The molecule has 12 nitrogen and oxygen atoms in total. The number of pyridine rings is 1. The zero-order chi connectivity index (χ0) is 28.4. The topological polar surface area (TPSA) is 156 Å². The third-order valence-corrected chi connectivity index (χ3v) is 11.0. The van der Waals surface area contributed by atoms with Gasteiger partial charge in [-0.1, -0.05) is 6.07 Å². The molecule has 4 heterocycles. The van der Waals surface area contributed by atoms with E-state index in [0.717, 1.165) is 17.7 Å². The molecule has 2 aromatic rings. The van der Waals surface area contributed by atoms with Gasteiger partial charge < -0.3 is 24.6 Å². The number of fused-ring (bicyclic) bond motifs is 1. The Morgan fingerprint density at radius 3 is 2.77 bits per heavy atom. The number of hydrogen-bond acceptors (Lipinski definition) is 10. The summed E-state index contributed by atoms with van der Waals surface area (Å²) in [5, 5.41) is 13.7. The molecule has 0 amide bonds. The van der Waals surface area contributed by atoms with Crippen LogP contribution in [0.15, 0.2) is 46.3 Å². The first-order valence-corrected chi connectivity index (χ1v) is 16.3. The van der Waals surface area contributed by atoms with Crippen LogP contribution in [0.3, 0.4) is 0 Å². The van der Waals surface area contributed by atoms with E-state index in [-0.39, 0.29) is 29.0 Å². The van der Waals surface area contributed by atoms with E-state index >= 15 is 0 Å². The summed E-state index contributed by atoms with van der Waals surface area (Å²) in [6, 6.07) is 7.79. The molecule has 0 radical (unpaired) electrons. The van der Waals surface area contributed by atoms with Crippen LogP contribution in [0.5, 0.6) is 5.75 Å². The van der Waals surface area contributed by atoms with E-state index < -0.39 is 31.8 Å². The molecule has 2 fully saturated rings. The first-order valence-electron chi connectivity index (χ1n) is 13.4. The minimum absolute atomic E-state index is 0.00866. The maximum Gasteiger partial charge on any atom is 0.244 e. The van der Waals surface area contributed by atoms with Gasteiger partial charge in [0, 0.05) is 55.6 Å². The summed E-state index contributed by atoms with van der Waals surface area (Å²) < 4.78 is 71.5. The Morgan fingerprint density at radius 1 is 1.20 bits per heavy atom. The molecule has 1 aromatic heterocycles. The van der Waals surface area contributed by atoms with Crippen molar-refractivity contribution in [3.63, 3.8) is 0 Å². The number of nitrogens with one attached hydrogen (secondary N) is 2. The van der Waals surface area contributed by atoms with Gasteiger partial charge in [-0.15, -0.1) is 0 Å². The predicted molar refractivity (Wildman–Crippen MR) is 145 cm³/mol. The fourth-order valence-corrected chi connectivity index (χ4v) is 7.57. The first-order chi connectivity index (χ1) is 19.1. The molecular weight excluding hydrogens is 560 g/mol. The standard InChI is InChI=1S/C26H36N4O8S2/c1-27-39(32,33)23-4-2-3-22(12-23)37-18-21(31)14-28-20-13-26(38-17-20)6-8-30(9-7-26)40(34,35)24-11-19-16-36-10-5-25(19)29-15-24/h2-4,11-12,15,20-21,27-28,31H,5-10,13-14,16-18H2,1H3/t20-,21?/m1/s1. The van der Waals surface area contributed by atoms with Crippen molar-refractivity contribution in [2.75, 3.05) is 46.5 Å². The van der Waals surface area contributed by atoms with Crippen LogP contribution in [0.2, 0.25) is 0 Å². The van der Waals surface area contributed by atoms with E-state index in [1.807, 2.05) is 0 Å². The quantitative estimate of drug-likeness (QED) is 0.351. The Morgan fingerprint density at radius 2 is 2.00 bits per heavy atom. The van der Waals surface area contributed by atoms with E-state index in [9.17, 15) is 21.9 Å². The van der Waals surface area contributed by atoms with Crippen molar-refractivity contribution >= 4 is 20.0 Å². The van der Waals surface area contributed by atoms with Gasteiger partial charge in [0.1, 0.15) is 23.4 Å². The normalized spacial score (nSPS) is 22.2. The Bertz CT molecular complexity index is 1410. The van der Waals surface area contributed by atoms with Gasteiger partial charge in [0.15, 0.2) is 0 Å². The van der Waals surface area contributed by atoms with Crippen molar-refractivity contribution in [3.05, 3.63) is 47.8 Å². The molecular formula is C26H36N4O8S2. The first kappa shape index (κ1) is 29.3. The van der Waals surface area contributed by atoms with Crippen LogP contribution in [-0.4, -0.2) is 95.5 Å². The van der Waals surface area contributed by atoms with Gasteiger partial charge in [-0.3, -0.25) is 4.98 Å². The third-order valence-electron chi connectivity index (χ3n) is 7.73. The second-order valence-electron chi connectivity index (χ2n) is 10.4. The van der Waals surface area contributed by atoms with E-state index in [1.54, 1.807) is 18.2 Å². The lowest BCUT2D eigenvalue weighted by Crippen LogP contribution is -2.47. The highest BCUT2D eigenvalue weighted by Gasteiger charge is 2.44. The molecule has 1 unspecified atom stereocenters. The van der Waals surface area contributed by atoms with Gasteiger partial charge in [-0.2, -0.15) is 4.31 Å². The Hall–Kier alpha value is -2.17. The Labute approximate surface area is 235 Å². The largest absolute Gasteiger partial charge is 0.491 e. The summed E-state index contributed by atoms with van der Waals surface area (Å²) in [6.45, 7) is 2.44. The molecule has 5 rings (SSSR count). The number of hydrogen-bond donors (Lipinski definition) is 3. The number of aromatic nitrogens is 1. The minimum Gasteiger partial charge on any atom is -0.491 e. The number of rotatable bonds is 10.